The van der Waals surface area contributed by atoms with Gasteiger partial charge in [0.1, 0.15) is 25.0 Å². The third kappa shape index (κ3) is 7.60. The molecule has 31 heavy (non-hydrogen) atoms. The first-order valence-corrected chi connectivity index (χ1v) is 10.1. The third-order valence-electron chi connectivity index (χ3n) is 4.61. The van der Waals surface area contributed by atoms with E-state index < -0.39 is 17.9 Å². The van der Waals surface area contributed by atoms with Gasteiger partial charge in [-0.15, -0.1) is 0 Å². The van der Waals surface area contributed by atoms with Crippen LogP contribution in [0.25, 0.3) is 0 Å². The van der Waals surface area contributed by atoms with Crippen molar-refractivity contribution < 1.29 is 19.1 Å². The molecule has 0 radical (unpaired) electrons. The lowest BCUT2D eigenvalue weighted by Crippen LogP contribution is -2.47. The minimum absolute atomic E-state index is 0.154. The molecule has 6 heteroatoms. The predicted octanol–water partition coefficient (Wildman–Crippen LogP) is 3.00. The Morgan fingerprint density at radius 1 is 0.806 bits per heavy atom. The molecule has 3 aromatic rings. The van der Waals surface area contributed by atoms with Crippen LogP contribution in [0.15, 0.2) is 84.9 Å². The predicted molar refractivity (Wildman–Crippen MR) is 118 cm³/mol. The smallest absolute Gasteiger partial charge is 0.246 e. The van der Waals surface area contributed by atoms with Gasteiger partial charge in [0, 0.05) is 6.42 Å². The number of primary amides is 1. The molecule has 0 fully saturated rings. The second-order valence-electron chi connectivity index (χ2n) is 7.13. The van der Waals surface area contributed by atoms with Gasteiger partial charge in [-0.05, 0) is 28.8 Å². The van der Waals surface area contributed by atoms with Gasteiger partial charge in [-0.25, -0.2) is 0 Å². The first kappa shape index (κ1) is 22.1. The highest BCUT2D eigenvalue weighted by molar-refractivity contribution is 5.87. The van der Waals surface area contributed by atoms with E-state index in [0.29, 0.717) is 19.0 Å². The fraction of sp³-hybridized carbons (Fsp3) is 0.200. The van der Waals surface area contributed by atoms with E-state index in [1.165, 1.54) is 0 Å². The summed E-state index contributed by atoms with van der Waals surface area (Å²) in [4.78, 5) is 24.1. The SMILES string of the molecule is NC(=O)[C@H](Cc1cccc(OCc2ccccc2)c1)NC(=O)COCc1ccccc1. The zero-order valence-electron chi connectivity index (χ0n) is 17.2. The van der Waals surface area contributed by atoms with E-state index in [2.05, 4.69) is 5.32 Å². The van der Waals surface area contributed by atoms with Gasteiger partial charge in [0.05, 0.1) is 6.61 Å². The third-order valence-corrected chi connectivity index (χ3v) is 4.61. The summed E-state index contributed by atoms with van der Waals surface area (Å²) in [7, 11) is 0. The zero-order valence-corrected chi connectivity index (χ0v) is 17.2. The highest BCUT2D eigenvalue weighted by Crippen LogP contribution is 2.16. The summed E-state index contributed by atoms with van der Waals surface area (Å²) in [6.07, 6.45) is 0.266. The molecule has 0 spiro atoms. The van der Waals surface area contributed by atoms with Crippen LogP contribution in [0.4, 0.5) is 0 Å². The molecular formula is C25H26N2O4. The van der Waals surface area contributed by atoms with Gasteiger partial charge in [0.15, 0.2) is 0 Å². The number of nitrogens with one attached hydrogen (secondary N) is 1. The topological polar surface area (TPSA) is 90.7 Å². The Bertz CT molecular complexity index is 977. The van der Waals surface area contributed by atoms with Gasteiger partial charge in [-0.3, -0.25) is 9.59 Å². The fourth-order valence-corrected chi connectivity index (χ4v) is 3.03. The van der Waals surface area contributed by atoms with E-state index in [-0.39, 0.29) is 13.0 Å². The monoisotopic (exact) mass is 418 g/mol. The number of nitrogens with two attached hydrogens (primary N) is 1. The van der Waals surface area contributed by atoms with Crippen molar-refractivity contribution in [3.8, 4) is 5.75 Å². The highest BCUT2D eigenvalue weighted by Gasteiger charge is 2.19. The minimum Gasteiger partial charge on any atom is -0.489 e. The molecule has 0 aliphatic rings. The summed E-state index contributed by atoms with van der Waals surface area (Å²) in [5.74, 6) is -0.315. The summed E-state index contributed by atoms with van der Waals surface area (Å²) in [5, 5.41) is 2.65. The Hall–Kier alpha value is -3.64. The van der Waals surface area contributed by atoms with Crippen molar-refractivity contribution >= 4 is 11.8 Å². The zero-order chi connectivity index (χ0) is 21.9. The number of hydrogen-bond acceptors (Lipinski definition) is 4. The lowest BCUT2D eigenvalue weighted by molar-refractivity contribution is -0.130. The molecule has 0 aromatic heterocycles. The Morgan fingerprint density at radius 3 is 2.06 bits per heavy atom. The summed E-state index contributed by atoms with van der Waals surface area (Å²) < 4.78 is 11.2. The number of ether oxygens (including phenoxy) is 2. The van der Waals surface area contributed by atoms with Crippen molar-refractivity contribution in [3.63, 3.8) is 0 Å². The fourth-order valence-electron chi connectivity index (χ4n) is 3.03. The first-order chi connectivity index (χ1) is 15.1. The molecule has 0 saturated carbocycles. The summed E-state index contributed by atoms with van der Waals surface area (Å²) in [5.41, 5.74) is 8.36. The lowest BCUT2D eigenvalue weighted by atomic mass is 10.1. The van der Waals surface area contributed by atoms with E-state index in [9.17, 15) is 9.59 Å². The summed E-state index contributed by atoms with van der Waals surface area (Å²) >= 11 is 0. The average molecular weight is 418 g/mol. The van der Waals surface area contributed by atoms with Crippen LogP contribution in [-0.2, 0) is 34.0 Å². The van der Waals surface area contributed by atoms with E-state index in [4.69, 9.17) is 15.2 Å². The maximum Gasteiger partial charge on any atom is 0.246 e. The van der Waals surface area contributed by atoms with E-state index in [1.807, 2.05) is 84.9 Å². The van der Waals surface area contributed by atoms with Crippen LogP contribution in [0, 0.1) is 0 Å². The molecule has 0 heterocycles. The molecule has 3 N–H and O–H groups in total. The van der Waals surface area contributed by atoms with Crippen molar-refractivity contribution in [2.45, 2.75) is 25.7 Å². The number of benzene rings is 3. The number of amides is 2. The lowest BCUT2D eigenvalue weighted by Gasteiger charge is -2.16. The van der Waals surface area contributed by atoms with Crippen molar-refractivity contribution in [1.82, 2.24) is 5.32 Å². The van der Waals surface area contributed by atoms with Crippen LogP contribution in [0.1, 0.15) is 16.7 Å². The second kappa shape index (κ2) is 11.5. The second-order valence-corrected chi connectivity index (χ2v) is 7.13. The van der Waals surface area contributed by atoms with Gasteiger partial charge < -0.3 is 20.5 Å². The van der Waals surface area contributed by atoms with E-state index in [0.717, 1.165) is 16.7 Å². The summed E-state index contributed by atoms with van der Waals surface area (Å²) in [6, 6.07) is 26.0. The van der Waals surface area contributed by atoms with Crippen molar-refractivity contribution in [3.05, 3.63) is 102 Å². The largest absolute Gasteiger partial charge is 0.489 e. The average Bonchev–Trinajstić information content (AvgIpc) is 2.79. The molecule has 0 aliphatic carbocycles. The molecule has 0 bridgehead atoms. The first-order valence-electron chi connectivity index (χ1n) is 10.1. The molecule has 160 valence electrons. The van der Waals surface area contributed by atoms with Crippen LogP contribution in [0.2, 0.25) is 0 Å². The Labute approximate surface area is 182 Å². The number of rotatable bonds is 11. The van der Waals surface area contributed by atoms with Gasteiger partial charge in [-0.1, -0.05) is 72.8 Å². The van der Waals surface area contributed by atoms with Gasteiger partial charge in [-0.2, -0.15) is 0 Å². The van der Waals surface area contributed by atoms with Crippen LogP contribution in [-0.4, -0.2) is 24.5 Å². The van der Waals surface area contributed by atoms with Crippen molar-refractivity contribution in [2.75, 3.05) is 6.61 Å². The molecule has 2 amide bonds. The number of carbonyl (C=O) groups excluding carboxylic acids is 2. The van der Waals surface area contributed by atoms with Crippen LogP contribution in [0.5, 0.6) is 5.75 Å². The molecule has 0 saturated heterocycles. The molecule has 3 rings (SSSR count). The van der Waals surface area contributed by atoms with Crippen molar-refractivity contribution in [2.24, 2.45) is 5.73 Å². The van der Waals surface area contributed by atoms with Crippen LogP contribution < -0.4 is 15.8 Å². The Balaban J connectivity index is 1.50. The highest BCUT2D eigenvalue weighted by atomic mass is 16.5. The molecule has 1 atom stereocenters. The maximum absolute atomic E-state index is 12.2. The number of hydrogen-bond donors (Lipinski definition) is 2. The maximum atomic E-state index is 12.2. The molecular weight excluding hydrogens is 392 g/mol. The Morgan fingerprint density at radius 2 is 1.42 bits per heavy atom. The quantitative estimate of drug-likeness (QED) is 0.501. The summed E-state index contributed by atoms with van der Waals surface area (Å²) in [6.45, 7) is 0.605. The van der Waals surface area contributed by atoms with Crippen molar-refractivity contribution in [1.29, 1.82) is 0 Å². The molecule has 3 aromatic carbocycles. The van der Waals surface area contributed by atoms with Crippen LogP contribution >= 0.6 is 0 Å². The molecule has 0 aliphatic heterocycles. The van der Waals surface area contributed by atoms with Gasteiger partial charge >= 0.3 is 0 Å². The standard InChI is InChI=1S/C25H26N2O4/c26-25(29)23(27-24(28)18-30-16-19-8-3-1-4-9-19)15-21-12-7-13-22(14-21)31-17-20-10-5-2-6-11-20/h1-14,23H,15-18H2,(H2,26,29)(H,27,28)/t23-/m0/s1. The van der Waals surface area contributed by atoms with Gasteiger partial charge in [0.25, 0.3) is 0 Å². The number of carbonyl (C=O) groups is 2. The van der Waals surface area contributed by atoms with Gasteiger partial charge in [0.2, 0.25) is 11.8 Å². The molecule has 6 nitrogen and oxygen atoms in total. The van der Waals surface area contributed by atoms with E-state index >= 15 is 0 Å². The van der Waals surface area contributed by atoms with E-state index in [1.54, 1.807) is 0 Å². The Kier molecular flexibility index (Phi) is 8.20. The van der Waals surface area contributed by atoms with Crippen LogP contribution in [0.3, 0.4) is 0 Å². The molecule has 0 unspecified atom stereocenters. The normalized spacial score (nSPS) is 11.5. The minimum atomic E-state index is -0.836.